The molecule has 126 valence electrons. The number of carbonyl (C=O) groups excluding carboxylic acids is 2. The summed E-state index contributed by atoms with van der Waals surface area (Å²) < 4.78 is 5.56. The number of hydrogen-bond acceptors (Lipinski definition) is 4. The van der Waals surface area contributed by atoms with E-state index in [1.54, 1.807) is 48.5 Å². The van der Waals surface area contributed by atoms with E-state index < -0.39 is 6.61 Å². The van der Waals surface area contributed by atoms with E-state index in [2.05, 4.69) is 12.2 Å². The lowest BCUT2D eigenvalue weighted by atomic mass is 10.1. The van der Waals surface area contributed by atoms with E-state index in [-0.39, 0.29) is 11.7 Å². The maximum atomic E-state index is 12.3. The van der Waals surface area contributed by atoms with Gasteiger partial charge in [0.05, 0.1) is 6.61 Å². The van der Waals surface area contributed by atoms with Gasteiger partial charge in [0, 0.05) is 16.8 Å². The van der Waals surface area contributed by atoms with Crippen LogP contribution in [-0.2, 0) is 0 Å². The number of anilines is 1. The van der Waals surface area contributed by atoms with Crippen LogP contribution in [0.2, 0.25) is 0 Å². The third-order valence-electron chi connectivity index (χ3n) is 3.47. The lowest BCUT2D eigenvalue weighted by molar-refractivity contribution is 0.0903. The van der Waals surface area contributed by atoms with Gasteiger partial charge in [-0.05, 0) is 42.8 Å². The van der Waals surface area contributed by atoms with Gasteiger partial charge in [0.2, 0.25) is 0 Å². The fourth-order valence-corrected chi connectivity index (χ4v) is 2.10. The molecule has 0 saturated carbocycles. The molecule has 2 aromatic carbocycles. The molecule has 0 aliphatic rings. The van der Waals surface area contributed by atoms with Crippen molar-refractivity contribution >= 4 is 17.4 Å². The van der Waals surface area contributed by atoms with Crippen LogP contribution in [-0.4, -0.2) is 30.0 Å². The Morgan fingerprint density at radius 2 is 1.83 bits per heavy atom. The Morgan fingerprint density at radius 3 is 2.50 bits per heavy atom. The first-order chi connectivity index (χ1) is 11.6. The lowest BCUT2D eigenvalue weighted by Crippen LogP contribution is -2.12. The van der Waals surface area contributed by atoms with Gasteiger partial charge < -0.3 is 15.2 Å². The van der Waals surface area contributed by atoms with Gasteiger partial charge in [0.1, 0.15) is 12.4 Å². The number of unbranched alkanes of at least 4 members (excludes halogenated alkanes) is 1. The molecular formula is C19H21NO4. The van der Waals surface area contributed by atoms with Crippen molar-refractivity contribution in [2.24, 2.45) is 0 Å². The zero-order chi connectivity index (χ0) is 17.4. The van der Waals surface area contributed by atoms with Gasteiger partial charge in [-0.1, -0.05) is 25.5 Å². The molecule has 0 aromatic heterocycles. The first-order valence-electron chi connectivity index (χ1n) is 7.92. The minimum absolute atomic E-state index is 0.274. The summed E-state index contributed by atoms with van der Waals surface area (Å²) in [6, 6.07) is 13.4. The number of aliphatic hydroxyl groups is 1. The van der Waals surface area contributed by atoms with Crippen molar-refractivity contribution in [3.63, 3.8) is 0 Å². The van der Waals surface area contributed by atoms with Gasteiger partial charge >= 0.3 is 0 Å². The van der Waals surface area contributed by atoms with Gasteiger partial charge in [-0.3, -0.25) is 9.59 Å². The van der Waals surface area contributed by atoms with Crippen molar-refractivity contribution in [1.29, 1.82) is 0 Å². The third-order valence-corrected chi connectivity index (χ3v) is 3.47. The summed E-state index contributed by atoms with van der Waals surface area (Å²) in [5, 5.41) is 11.6. The van der Waals surface area contributed by atoms with Crippen molar-refractivity contribution in [2.45, 2.75) is 19.8 Å². The van der Waals surface area contributed by atoms with Gasteiger partial charge in [0.15, 0.2) is 5.78 Å². The molecule has 2 aromatic rings. The quantitative estimate of drug-likeness (QED) is 0.576. The standard InChI is InChI=1S/C19H21NO4/c1-2-3-11-24-17-9-7-14(8-10-17)19(23)20-16-6-4-5-15(12-16)18(22)13-21/h4-10,12,21H,2-3,11,13H2,1H3,(H,20,23). The fourth-order valence-electron chi connectivity index (χ4n) is 2.10. The van der Waals surface area contributed by atoms with Crippen LogP contribution in [0.5, 0.6) is 5.75 Å². The Balaban J connectivity index is 2.00. The molecule has 2 N–H and O–H groups in total. The lowest BCUT2D eigenvalue weighted by Gasteiger charge is -2.08. The second-order valence-corrected chi connectivity index (χ2v) is 5.34. The number of ketones is 1. The Morgan fingerprint density at radius 1 is 1.08 bits per heavy atom. The van der Waals surface area contributed by atoms with Crippen molar-refractivity contribution in [3.8, 4) is 5.75 Å². The summed E-state index contributed by atoms with van der Waals surface area (Å²) in [6.07, 6.45) is 2.06. The average Bonchev–Trinajstić information content (AvgIpc) is 2.62. The van der Waals surface area contributed by atoms with Gasteiger partial charge in [0.25, 0.3) is 5.91 Å². The summed E-state index contributed by atoms with van der Waals surface area (Å²) in [7, 11) is 0. The van der Waals surface area contributed by atoms with Crippen LogP contribution < -0.4 is 10.1 Å². The number of ether oxygens (including phenoxy) is 1. The summed E-state index contributed by atoms with van der Waals surface area (Å²) in [5.41, 5.74) is 1.36. The molecule has 1 amide bonds. The highest BCUT2D eigenvalue weighted by atomic mass is 16.5. The molecule has 5 heteroatoms. The predicted octanol–water partition coefficient (Wildman–Crippen LogP) is 3.29. The third kappa shape index (κ3) is 4.93. The predicted molar refractivity (Wildman–Crippen MR) is 92.7 cm³/mol. The molecule has 0 aliphatic heterocycles. The number of aliphatic hydroxyl groups excluding tert-OH is 1. The minimum Gasteiger partial charge on any atom is -0.494 e. The minimum atomic E-state index is -0.559. The molecule has 0 saturated heterocycles. The summed E-state index contributed by atoms with van der Waals surface area (Å²) in [5.74, 6) is 0.0684. The van der Waals surface area contributed by atoms with Crippen molar-refractivity contribution in [2.75, 3.05) is 18.5 Å². The number of rotatable bonds is 8. The van der Waals surface area contributed by atoms with E-state index in [9.17, 15) is 9.59 Å². The summed E-state index contributed by atoms with van der Waals surface area (Å²) >= 11 is 0. The second-order valence-electron chi connectivity index (χ2n) is 5.34. The number of Topliss-reactive ketones (excluding diaryl/α,β-unsaturated/α-hetero) is 1. The molecule has 0 radical (unpaired) electrons. The zero-order valence-electron chi connectivity index (χ0n) is 13.6. The van der Waals surface area contributed by atoms with E-state index in [4.69, 9.17) is 9.84 Å². The van der Waals surface area contributed by atoms with E-state index in [0.29, 0.717) is 23.4 Å². The highest BCUT2D eigenvalue weighted by Gasteiger charge is 2.09. The van der Waals surface area contributed by atoms with Crippen LogP contribution in [0, 0.1) is 0 Å². The number of hydrogen-bond donors (Lipinski definition) is 2. The second kappa shape index (κ2) is 8.84. The van der Waals surface area contributed by atoms with Crippen LogP contribution in [0.15, 0.2) is 48.5 Å². The summed E-state index contributed by atoms with van der Waals surface area (Å²) in [6.45, 7) is 2.20. The SMILES string of the molecule is CCCCOc1ccc(C(=O)Nc2cccc(C(=O)CO)c2)cc1. The normalized spacial score (nSPS) is 10.2. The van der Waals surface area contributed by atoms with E-state index in [1.165, 1.54) is 0 Å². The fraction of sp³-hybridized carbons (Fsp3) is 0.263. The molecular weight excluding hydrogens is 306 g/mol. The number of benzene rings is 2. The average molecular weight is 327 g/mol. The smallest absolute Gasteiger partial charge is 0.255 e. The number of amides is 1. The molecule has 0 heterocycles. The van der Waals surface area contributed by atoms with Crippen molar-refractivity contribution in [3.05, 3.63) is 59.7 Å². The largest absolute Gasteiger partial charge is 0.494 e. The Bertz CT molecular complexity index is 695. The molecule has 0 bridgehead atoms. The van der Waals surface area contributed by atoms with Gasteiger partial charge in [-0.25, -0.2) is 0 Å². The maximum absolute atomic E-state index is 12.3. The van der Waals surface area contributed by atoms with Crippen LogP contribution in [0.1, 0.15) is 40.5 Å². The molecule has 0 aliphatic carbocycles. The zero-order valence-corrected chi connectivity index (χ0v) is 13.6. The van der Waals surface area contributed by atoms with E-state index >= 15 is 0 Å². The van der Waals surface area contributed by atoms with E-state index in [1.807, 2.05) is 0 Å². The highest BCUT2D eigenvalue weighted by Crippen LogP contribution is 2.16. The van der Waals surface area contributed by atoms with Crippen molar-refractivity contribution in [1.82, 2.24) is 0 Å². The molecule has 0 unspecified atom stereocenters. The van der Waals surface area contributed by atoms with Gasteiger partial charge in [-0.15, -0.1) is 0 Å². The molecule has 0 atom stereocenters. The van der Waals surface area contributed by atoms with Gasteiger partial charge in [-0.2, -0.15) is 0 Å². The van der Waals surface area contributed by atoms with Crippen LogP contribution in [0.25, 0.3) is 0 Å². The molecule has 24 heavy (non-hydrogen) atoms. The monoisotopic (exact) mass is 327 g/mol. The molecule has 0 fully saturated rings. The molecule has 5 nitrogen and oxygen atoms in total. The van der Waals surface area contributed by atoms with Crippen LogP contribution in [0.4, 0.5) is 5.69 Å². The summed E-state index contributed by atoms with van der Waals surface area (Å²) in [4.78, 5) is 23.7. The maximum Gasteiger partial charge on any atom is 0.255 e. The Labute approximate surface area is 141 Å². The van der Waals surface area contributed by atoms with E-state index in [0.717, 1.165) is 18.6 Å². The molecule has 0 spiro atoms. The molecule has 2 rings (SSSR count). The Hall–Kier alpha value is -2.66. The highest BCUT2D eigenvalue weighted by molar-refractivity contribution is 6.05. The van der Waals surface area contributed by atoms with Crippen LogP contribution in [0.3, 0.4) is 0 Å². The Kier molecular flexibility index (Phi) is 6.51. The van der Waals surface area contributed by atoms with Crippen LogP contribution >= 0.6 is 0 Å². The first-order valence-corrected chi connectivity index (χ1v) is 7.92. The number of nitrogens with one attached hydrogen (secondary N) is 1. The topological polar surface area (TPSA) is 75.6 Å². The van der Waals surface area contributed by atoms with Crippen molar-refractivity contribution < 1.29 is 19.4 Å². The number of carbonyl (C=O) groups is 2. The first kappa shape index (κ1) is 17.7.